The van der Waals surface area contributed by atoms with Crippen molar-refractivity contribution < 1.29 is 14.6 Å². The van der Waals surface area contributed by atoms with Crippen LogP contribution in [-0.4, -0.2) is 38.0 Å². The molecule has 4 nitrogen and oxygen atoms in total. The Kier molecular flexibility index (Phi) is 6.72. The fraction of sp³-hybridized carbons (Fsp3) is 0.571. The van der Waals surface area contributed by atoms with Crippen LogP contribution in [0.5, 0.6) is 5.75 Å². The van der Waals surface area contributed by atoms with Gasteiger partial charge in [-0.05, 0) is 31.5 Å². The summed E-state index contributed by atoms with van der Waals surface area (Å²) in [6.07, 6.45) is -0.283. The Morgan fingerprint density at radius 2 is 2.11 bits per heavy atom. The molecule has 18 heavy (non-hydrogen) atoms. The van der Waals surface area contributed by atoms with Crippen LogP contribution in [0.15, 0.2) is 24.3 Å². The predicted molar refractivity (Wildman–Crippen MR) is 71.9 cm³/mol. The summed E-state index contributed by atoms with van der Waals surface area (Å²) in [6.45, 7) is 5.91. The lowest BCUT2D eigenvalue weighted by Crippen LogP contribution is -2.26. The van der Waals surface area contributed by atoms with Crippen molar-refractivity contribution in [1.29, 1.82) is 0 Å². The van der Waals surface area contributed by atoms with Crippen LogP contribution in [0.2, 0.25) is 0 Å². The topological polar surface area (TPSA) is 50.7 Å². The summed E-state index contributed by atoms with van der Waals surface area (Å²) in [5.41, 5.74) is 0.853. The van der Waals surface area contributed by atoms with E-state index in [1.54, 1.807) is 7.11 Å². The maximum atomic E-state index is 9.99. The number of benzene rings is 1. The predicted octanol–water partition coefficient (Wildman–Crippen LogP) is 1.74. The Balaban J connectivity index is 2.29. The summed E-state index contributed by atoms with van der Waals surface area (Å²) in [5.74, 6) is 0.759. The van der Waals surface area contributed by atoms with Gasteiger partial charge in [0.25, 0.3) is 0 Å². The average Bonchev–Trinajstić information content (AvgIpc) is 2.37. The third kappa shape index (κ3) is 5.49. The molecule has 0 aliphatic rings. The van der Waals surface area contributed by atoms with E-state index in [0.29, 0.717) is 13.2 Å². The molecule has 0 saturated heterocycles. The lowest BCUT2D eigenvalue weighted by Gasteiger charge is -2.14. The van der Waals surface area contributed by atoms with Crippen LogP contribution in [0.4, 0.5) is 0 Å². The molecule has 1 rings (SSSR count). The zero-order valence-corrected chi connectivity index (χ0v) is 11.3. The molecule has 102 valence electrons. The smallest absolute Gasteiger partial charge is 0.119 e. The molecule has 1 aromatic carbocycles. The zero-order valence-electron chi connectivity index (χ0n) is 11.3. The molecule has 0 bridgehead atoms. The molecule has 0 radical (unpaired) electrons. The average molecular weight is 253 g/mol. The van der Waals surface area contributed by atoms with Crippen molar-refractivity contribution in [2.75, 3.05) is 26.8 Å². The highest BCUT2D eigenvalue weighted by atomic mass is 16.5. The van der Waals surface area contributed by atoms with E-state index in [9.17, 15) is 5.11 Å². The first-order chi connectivity index (χ1) is 8.63. The van der Waals surface area contributed by atoms with E-state index in [1.807, 2.05) is 38.1 Å². The first kappa shape index (κ1) is 15.0. The normalized spacial score (nSPS) is 12.7. The van der Waals surface area contributed by atoms with Crippen molar-refractivity contribution in [2.45, 2.75) is 26.1 Å². The fourth-order valence-electron chi connectivity index (χ4n) is 1.57. The zero-order chi connectivity index (χ0) is 13.4. The quantitative estimate of drug-likeness (QED) is 0.693. The van der Waals surface area contributed by atoms with E-state index in [2.05, 4.69) is 5.32 Å². The van der Waals surface area contributed by atoms with Gasteiger partial charge in [0.05, 0.1) is 25.9 Å². The standard InChI is InChI=1S/C14H23NO3/c1-11(2)18-8-7-15-10-14(16)12-5-4-6-13(9-12)17-3/h4-6,9,11,14-16H,7-8,10H2,1-3H3. The molecule has 0 saturated carbocycles. The first-order valence-corrected chi connectivity index (χ1v) is 6.28. The van der Waals surface area contributed by atoms with E-state index in [4.69, 9.17) is 9.47 Å². The van der Waals surface area contributed by atoms with Crippen molar-refractivity contribution >= 4 is 0 Å². The van der Waals surface area contributed by atoms with E-state index in [-0.39, 0.29) is 6.10 Å². The van der Waals surface area contributed by atoms with E-state index in [0.717, 1.165) is 17.9 Å². The molecule has 0 aliphatic heterocycles. The number of methoxy groups -OCH3 is 1. The van der Waals surface area contributed by atoms with Gasteiger partial charge in [-0.15, -0.1) is 0 Å². The van der Waals surface area contributed by atoms with Gasteiger partial charge in [-0.25, -0.2) is 0 Å². The fourth-order valence-corrected chi connectivity index (χ4v) is 1.57. The van der Waals surface area contributed by atoms with Crippen LogP contribution in [0, 0.1) is 0 Å². The Morgan fingerprint density at radius 3 is 2.78 bits per heavy atom. The molecule has 0 heterocycles. The van der Waals surface area contributed by atoms with Gasteiger partial charge in [-0.2, -0.15) is 0 Å². The molecule has 1 aromatic rings. The van der Waals surface area contributed by atoms with Crippen LogP contribution in [-0.2, 0) is 4.74 Å². The second-order valence-electron chi connectivity index (χ2n) is 4.42. The van der Waals surface area contributed by atoms with Crippen molar-refractivity contribution in [1.82, 2.24) is 5.32 Å². The summed E-state index contributed by atoms with van der Waals surface area (Å²) >= 11 is 0. The third-order valence-electron chi connectivity index (χ3n) is 2.55. The van der Waals surface area contributed by atoms with Gasteiger partial charge in [-0.3, -0.25) is 0 Å². The summed E-state index contributed by atoms with van der Waals surface area (Å²) in [5, 5.41) is 13.2. The van der Waals surface area contributed by atoms with Gasteiger partial charge in [0, 0.05) is 13.1 Å². The number of ether oxygens (including phenoxy) is 2. The second kappa shape index (κ2) is 8.08. The highest BCUT2D eigenvalue weighted by molar-refractivity contribution is 5.29. The molecule has 0 aliphatic carbocycles. The van der Waals surface area contributed by atoms with Gasteiger partial charge in [0.15, 0.2) is 0 Å². The largest absolute Gasteiger partial charge is 0.497 e. The molecular weight excluding hydrogens is 230 g/mol. The van der Waals surface area contributed by atoms with Gasteiger partial charge in [0.1, 0.15) is 5.75 Å². The van der Waals surface area contributed by atoms with Crippen LogP contribution in [0.3, 0.4) is 0 Å². The van der Waals surface area contributed by atoms with Gasteiger partial charge in [0.2, 0.25) is 0 Å². The number of hydrogen-bond acceptors (Lipinski definition) is 4. The van der Waals surface area contributed by atoms with Crippen LogP contribution < -0.4 is 10.1 Å². The minimum atomic E-state index is -0.529. The third-order valence-corrected chi connectivity index (χ3v) is 2.55. The summed E-state index contributed by atoms with van der Waals surface area (Å²) in [4.78, 5) is 0. The van der Waals surface area contributed by atoms with Crippen molar-refractivity contribution in [3.63, 3.8) is 0 Å². The highest BCUT2D eigenvalue weighted by Gasteiger charge is 2.07. The van der Waals surface area contributed by atoms with Crippen LogP contribution >= 0.6 is 0 Å². The maximum Gasteiger partial charge on any atom is 0.119 e. The van der Waals surface area contributed by atoms with Crippen LogP contribution in [0.25, 0.3) is 0 Å². The van der Waals surface area contributed by atoms with Gasteiger partial charge < -0.3 is 19.9 Å². The molecule has 0 spiro atoms. The van der Waals surface area contributed by atoms with Gasteiger partial charge in [-0.1, -0.05) is 12.1 Å². The lowest BCUT2D eigenvalue weighted by atomic mass is 10.1. The number of aliphatic hydroxyl groups is 1. The number of nitrogens with one attached hydrogen (secondary N) is 1. The van der Waals surface area contributed by atoms with Crippen molar-refractivity contribution in [2.24, 2.45) is 0 Å². The van der Waals surface area contributed by atoms with Crippen molar-refractivity contribution in [3.8, 4) is 5.75 Å². The van der Waals surface area contributed by atoms with Crippen molar-refractivity contribution in [3.05, 3.63) is 29.8 Å². The Hall–Kier alpha value is -1.10. The monoisotopic (exact) mass is 253 g/mol. The molecule has 0 aromatic heterocycles. The minimum absolute atomic E-state index is 0.245. The molecule has 0 amide bonds. The minimum Gasteiger partial charge on any atom is -0.497 e. The number of hydrogen-bond donors (Lipinski definition) is 2. The van der Waals surface area contributed by atoms with Crippen LogP contribution in [0.1, 0.15) is 25.5 Å². The first-order valence-electron chi connectivity index (χ1n) is 6.28. The molecular formula is C14H23NO3. The molecule has 2 N–H and O–H groups in total. The molecule has 1 atom stereocenters. The van der Waals surface area contributed by atoms with E-state index >= 15 is 0 Å². The summed E-state index contributed by atoms with van der Waals surface area (Å²) < 4.78 is 10.5. The Morgan fingerprint density at radius 1 is 1.33 bits per heavy atom. The SMILES string of the molecule is COc1cccc(C(O)CNCCOC(C)C)c1. The lowest BCUT2D eigenvalue weighted by molar-refractivity contribution is 0.0781. The van der Waals surface area contributed by atoms with E-state index in [1.165, 1.54) is 0 Å². The highest BCUT2D eigenvalue weighted by Crippen LogP contribution is 2.18. The Bertz CT molecular complexity index is 342. The maximum absolute atomic E-state index is 9.99. The summed E-state index contributed by atoms with van der Waals surface area (Å²) in [6, 6.07) is 7.47. The Labute approximate surface area is 109 Å². The summed E-state index contributed by atoms with van der Waals surface area (Å²) in [7, 11) is 1.62. The molecule has 4 heteroatoms. The molecule has 1 unspecified atom stereocenters. The van der Waals surface area contributed by atoms with Gasteiger partial charge >= 0.3 is 0 Å². The second-order valence-corrected chi connectivity index (χ2v) is 4.42. The molecule has 0 fully saturated rings. The van der Waals surface area contributed by atoms with E-state index < -0.39 is 6.10 Å². The number of aliphatic hydroxyl groups excluding tert-OH is 1. The number of rotatable bonds is 8.